The molecular weight excluding hydrogens is 549 g/mol. The second kappa shape index (κ2) is 9.82. The maximum absolute atomic E-state index is 13.4. The minimum absolute atomic E-state index is 0.0118. The van der Waals surface area contributed by atoms with Crippen molar-refractivity contribution in [2.24, 2.45) is 0 Å². The van der Waals surface area contributed by atoms with Gasteiger partial charge in [-0.25, -0.2) is 4.68 Å². The van der Waals surface area contributed by atoms with Crippen LogP contribution < -0.4 is 15.4 Å². The molecule has 196 valence electrons. The van der Waals surface area contributed by atoms with Crippen LogP contribution in [0.3, 0.4) is 0 Å². The number of carbonyl (C=O) groups excluding carboxylic acids is 1. The Hall–Kier alpha value is -3.38. The third-order valence-corrected chi connectivity index (χ3v) is 6.12. The van der Waals surface area contributed by atoms with E-state index in [-0.39, 0.29) is 33.7 Å². The Bertz CT molecular complexity index is 1370. The molecule has 0 saturated heterocycles. The summed E-state index contributed by atoms with van der Waals surface area (Å²) < 4.78 is 82.1. The van der Waals surface area contributed by atoms with Crippen molar-refractivity contribution in [2.45, 2.75) is 32.0 Å². The molecule has 37 heavy (non-hydrogen) atoms. The van der Waals surface area contributed by atoms with Gasteiger partial charge in [0.05, 0.1) is 15.6 Å². The number of anilines is 1. The molecule has 14 heteroatoms. The number of hydrogen-bond donors (Lipinski definition) is 2. The van der Waals surface area contributed by atoms with Gasteiger partial charge < -0.3 is 15.4 Å². The Balaban J connectivity index is 1.64. The summed E-state index contributed by atoms with van der Waals surface area (Å²) in [6, 6.07) is 8.98. The molecule has 1 unspecified atom stereocenters. The molecular formula is C23H16Cl2F6N4O2. The van der Waals surface area contributed by atoms with Crippen LogP contribution in [0.2, 0.25) is 10.0 Å². The maximum atomic E-state index is 13.4. The van der Waals surface area contributed by atoms with Crippen LogP contribution >= 0.6 is 23.2 Å². The summed E-state index contributed by atoms with van der Waals surface area (Å²) in [4.78, 5) is 13.3. The quantitative estimate of drug-likeness (QED) is 0.338. The number of hydrogen-bond acceptors (Lipinski definition) is 4. The first kappa shape index (κ1) is 26.7. The summed E-state index contributed by atoms with van der Waals surface area (Å²) in [5.41, 5.74) is -0.0266. The van der Waals surface area contributed by atoms with Crippen molar-refractivity contribution in [3.8, 4) is 5.75 Å². The van der Waals surface area contributed by atoms with E-state index in [2.05, 4.69) is 20.5 Å². The molecule has 0 spiro atoms. The summed E-state index contributed by atoms with van der Waals surface area (Å²) in [7, 11) is 0. The highest BCUT2D eigenvalue weighted by Crippen LogP contribution is 2.40. The summed E-state index contributed by atoms with van der Waals surface area (Å²) in [6.45, 7) is 1.43. The zero-order valence-electron chi connectivity index (χ0n) is 18.6. The van der Waals surface area contributed by atoms with E-state index in [1.807, 2.05) is 0 Å². The van der Waals surface area contributed by atoms with Crippen LogP contribution in [-0.4, -0.2) is 22.1 Å². The van der Waals surface area contributed by atoms with Gasteiger partial charge in [0, 0.05) is 18.3 Å². The fourth-order valence-electron chi connectivity index (χ4n) is 3.78. The van der Waals surface area contributed by atoms with Crippen LogP contribution in [0.1, 0.15) is 29.8 Å². The molecule has 1 aliphatic heterocycles. The Kier molecular flexibility index (Phi) is 7.08. The van der Waals surface area contributed by atoms with Gasteiger partial charge in [-0.05, 0) is 42.3 Å². The first-order chi connectivity index (χ1) is 17.2. The highest BCUT2D eigenvalue weighted by atomic mass is 35.5. The molecule has 1 amide bonds. The minimum atomic E-state index is -4.84. The molecule has 1 aliphatic rings. The lowest BCUT2D eigenvalue weighted by atomic mass is 9.94. The zero-order valence-corrected chi connectivity index (χ0v) is 20.1. The van der Waals surface area contributed by atoms with E-state index >= 15 is 0 Å². The molecule has 6 nitrogen and oxygen atoms in total. The number of benzene rings is 2. The largest absolute Gasteiger partial charge is 0.573 e. The SMILES string of the molecule is CC1=C(C(=O)NCc2ccc(OC(F)(F)F)cc2)C(c2ccc(Cl)c(Cl)c2)n2nc(C(F)(F)F)cc2N1. The zero-order chi connectivity index (χ0) is 27.1. The van der Waals surface area contributed by atoms with Gasteiger partial charge in [0.15, 0.2) is 5.69 Å². The van der Waals surface area contributed by atoms with Crippen molar-refractivity contribution >= 4 is 34.9 Å². The normalized spacial score (nSPS) is 15.8. The summed E-state index contributed by atoms with van der Waals surface area (Å²) in [5, 5.41) is 9.44. The monoisotopic (exact) mass is 564 g/mol. The predicted molar refractivity (Wildman–Crippen MR) is 123 cm³/mol. The van der Waals surface area contributed by atoms with E-state index in [0.717, 1.165) is 22.9 Å². The van der Waals surface area contributed by atoms with E-state index in [1.54, 1.807) is 0 Å². The molecule has 0 fully saturated rings. The third kappa shape index (κ3) is 5.96. The number of ether oxygens (including phenoxy) is 1. The lowest BCUT2D eigenvalue weighted by molar-refractivity contribution is -0.274. The first-order valence-electron chi connectivity index (χ1n) is 10.5. The summed E-state index contributed by atoms with van der Waals surface area (Å²) >= 11 is 12.1. The molecule has 0 radical (unpaired) electrons. The van der Waals surface area contributed by atoms with Gasteiger partial charge in [0.2, 0.25) is 0 Å². The van der Waals surface area contributed by atoms with Gasteiger partial charge in [-0.2, -0.15) is 18.3 Å². The fourth-order valence-corrected chi connectivity index (χ4v) is 4.09. The van der Waals surface area contributed by atoms with Gasteiger partial charge in [0.25, 0.3) is 5.91 Å². The van der Waals surface area contributed by atoms with Crippen LogP contribution in [0.5, 0.6) is 5.75 Å². The van der Waals surface area contributed by atoms with E-state index in [0.29, 0.717) is 11.1 Å². The average molecular weight is 565 g/mol. The van der Waals surface area contributed by atoms with E-state index in [1.165, 1.54) is 37.3 Å². The van der Waals surface area contributed by atoms with Crippen molar-refractivity contribution in [2.75, 3.05) is 5.32 Å². The summed E-state index contributed by atoms with van der Waals surface area (Å²) in [6.07, 6.45) is -9.57. The van der Waals surface area contributed by atoms with Crippen LogP contribution in [0.15, 0.2) is 59.8 Å². The number of aromatic nitrogens is 2. The molecule has 4 rings (SSSR count). The number of allylic oxidation sites excluding steroid dienone is 1. The number of halogens is 8. The van der Waals surface area contributed by atoms with Gasteiger partial charge in [-0.3, -0.25) is 4.79 Å². The number of amides is 1. The molecule has 1 atom stereocenters. The molecule has 0 aliphatic carbocycles. The topological polar surface area (TPSA) is 68.2 Å². The van der Waals surface area contributed by atoms with Gasteiger partial charge in [-0.15, -0.1) is 13.2 Å². The predicted octanol–water partition coefficient (Wildman–Crippen LogP) is 6.71. The molecule has 0 saturated carbocycles. The van der Waals surface area contributed by atoms with Crippen LogP contribution in [0.25, 0.3) is 0 Å². The number of alkyl halides is 6. The average Bonchev–Trinajstić information content (AvgIpc) is 3.22. The number of rotatable bonds is 5. The van der Waals surface area contributed by atoms with Crippen LogP contribution in [0, 0.1) is 0 Å². The van der Waals surface area contributed by atoms with Crippen molar-refractivity contribution in [1.29, 1.82) is 0 Å². The lowest BCUT2D eigenvalue weighted by Gasteiger charge is -2.30. The van der Waals surface area contributed by atoms with Crippen LogP contribution in [-0.2, 0) is 17.5 Å². The number of fused-ring (bicyclic) bond motifs is 1. The third-order valence-electron chi connectivity index (χ3n) is 5.38. The van der Waals surface area contributed by atoms with Gasteiger partial charge in [0.1, 0.15) is 17.6 Å². The molecule has 2 heterocycles. The van der Waals surface area contributed by atoms with Gasteiger partial charge in [-0.1, -0.05) is 41.4 Å². The number of nitrogens with one attached hydrogen (secondary N) is 2. The van der Waals surface area contributed by atoms with Crippen molar-refractivity contribution in [3.63, 3.8) is 0 Å². The Morgan fingerprint density at radius 1 is 1.05 bits per heavy atom. The van der Waals surface area contributed by atoms with Gasteiger partial charge >= 0.3 is 12.5 Å². The molecule has 3 aromatic rings. The second-order valence-electron chi connectivity index (χ2n) is 7.97. The molecule has 2 aromatic carbocycles. The van der Waals surface area contributed by atoms with Crippen molar-refractivity contribution in [1.82, 2.24) is 15.1 Å². The van der Waals surface area contributed by atoms with E-state index < -0.39 is 35.9 Å². The van der Waals surface area contributed by atoms with Crippen molar-refractivity contribution < 1.29 is 35.9 Å². The fraction of sp³-hybridized carbons (Fsp3) is 0.217. The van der Waals surface area contributed by atoms with Crippen molar-refractivity contribution in [3.05, 3.63) is 86.7 Å². The Morgan fingerprint density at radius 3 is 2.32 bits per heavy atom. The van der Waals surface area contributed by atoms with E-state index in [9.17, 15) is 31.1 Å². The highest BCUT2D eigenvalue weighted by Gasteiger charge is 2.39. The van der Waals surface area contributed by atoms with Crippen LogP contribution in [0.4, 0.5) is 32.2 Å². The standard InChI is InChI=1S/C23H16Cl2F6N4O2/c1-11-19(21(36)32-10-12-2-5-14(6-3-12)37-23(29,30)31)20(13-4-7-15(24)16(25)8-13)35-18(33-11)9-17(34-35)22(26,27)28/h2-9,20,33H,10H2,1H3,(H,32,36). The maximum Gasteiger partial charge on any atom is 0.573 e. The number of carbonyl (C=O) groups is 1. The minimum Gasteiger partial charge on any atom is -0.406 e. The highest BCUT2D eigenvalue weighted by molar-refractivity contribution is 6.42. The molecule has 2 N–H and O–H groups in total. The molecule has 1 aromatic heterocycles. The second-order valence-corrected chi connectivity index (χ2v) is 8.79. The Morgan fingerprint density at radius 2 is 1.73 bits per heavy atom. The lowest BCUT2D eigenvalue weighted by Crippen LogP contribution is -2.34. The smallest absolute Gasteiger partial charge is 0.406 e. The number of nitrogens with zero attached hydrogens (tertiary/aromatic N) is 2. The first-order valence-corrected chi connectivity index (χ1v) is 11.2. The van der Waals surface area contributed by atoms with E-state index in [4.69, 9.17) is 23.2 Å². The Labute approximate surface area is 215 Å². The molecule has 0 bridgehead atoms. The summed E-state index contributed by atoms with van der Waals surface area (Å²) in [5.74, 6) is -1.06.